The van der Waals surface area contributed by atoms with Crippen LogP contribution in [0.5, 0.6) is 0 Å². The van der Waals surface area contributed by atoms with E-state index in [2.05, 4.69) is 15.0 Å². The number of benzene rings is 1. The first-order valence-electron chi connectivity index (χ1n) is 10.1. The van der Waals surface area contributed by atoms with Gasteiger partial charge in [-0.25, -0.2) is 18.2 Å². The van der Waals surface area contributed by atoms with Gasteiger partial charge in [0.05, 0.1) is 24.2 Å². The maximum absolute atomic E-state index is 13.0. The quantitative estimate of drug-likeness (QED) is 0.745. The summed E-state index contributed by atoms with van der Waals surface area (Å²) >= 11 is 1.32. The van der Waals surface area contributed by atoms with Gasteiger partial charge < -0.3 is 9.64 Å². The van der Waals surface area contributed by atoms with Crippen molar-refractivity contribution in [1.82, 2.24) is 14.2 Å². The number of thiazole rings is 1. The van der Waals surface area contributed by atoms with E-state index in [4.69, 9.17) is 0 Å². The number of rotatable bonds is 4. The van der Waals surface area contributed by atoms with Crippen LogP contribution in [0.1, 0.15) is 40.2 Å². The molecule has 0 bridgehead atoms. The number of nitrogens with zero attached hydrogens (tertiary/aromatic N) is 3. The molecule has 0 radical (unpaired) electrons. The van der Waals surface area contributed by atoms with Crippen molar-refractivity contribution in [3.8, 4) is 0 Å². The Hall–Kier alpha value is -2.50. The molecule has 1 aromatic heterocycles. The molecular weight excluding hydrogens is 440 g/mol. The van der Waals surface area contributed by atoms with Crippen LogP contribution in [0.3, 0.4) is 0 Å². The van der Waals surface area contributed by atoms with Crippen LogP contribution < -0.4 is 5.32 Å². The first kappa shape index (κ1) is 21.7. The fourth-order valence-corrected chi connectivity index (χ4v) is 6.29. The van der Waals surface area contributed by atoms with E-state index in [-0.39, 0.29) is 10.8 Å². The number of carbonyl (C=O) groups excluding carboxylic acids is 2. The number of aromatic nitrogens is 1. The Morgan fingerprint density at radius 1 is 1.10 bits per heavy atom. The standard InChI is InChI=1S/C20H24N4O5S2/c1-29-20(26)22-19-21-16-9-12-23(13-17(16)30-19)18(25)14-5-7-15(8-6-14)31(27,28)24-10-3-2-4-11-24/h5-8H,2-4,9-13H2,1H3,(H,21,22,26). The molecule has 0 spiro atoms. The monoisotopic (exact) mass is 464 g/mol. The third kappa shape index (κ3) is 4.58. The molecule has 1 aromatic carbocycles. The average molecular weight is 465 g/mol. The summed E-state index contributed by atoms with van der Waals surface area (Å²) in [7, 11) is -2.24. The molecular formula is C20H24N4O5S2. The Labute approximate surface area is 185 Å². The summed E-state index contributed by atoms with van der Waals surface area (Å²) < 4.78 is 31.7. The lowest BCUT2D eigenvalue weighted by Gasteiger charge is -2.27. The van der Waals surface area contributed by atoms with Gasteiger partial charge in [0.25, 0.3) is 5.91 Å². The molecule has 1 N–H and O–H groups in total. The second-order valence-corrected chi connectivity index (χ2v) is 10.5. The molecule has 9 nitrogen and oxygen atoms in total. The molecule has 0 aliphatic carbocycles. The number of hydrogen-bond acceptors (Lipinski definition) is 7. The fraction of sp³-hybridized carbons (Fsp3) is 0.450. The van der Waals surface area contributed by atoms with Crippen LogP contribution in [0.4, 0.5) is 9.93 Å². The first-order valence-corrected chi connectivity index (χ1v) is 12.4. The normalized spacial score (nSPS) is 17.1. The molecule has 0 saturated carbocycles. The molecule has 2 aromatic rings. The molecule has 2 aliphatic heterocycles. The van der Waals surface area contributed by atoms with E-state index in [1.807, 2.05) is 0 Å². The summed E-state index contributed by atoms with van der Waals surface area (Å²) in [4.78, 5) is 31.6. The van der Waals surface area contributed by atoms with Crippen LogP contribution in [-0.2, 0) is 27.7 Å². The number of fused-ring (bicyclic) bond motifs is 1. The predicted octanol–water partition coefficient (Wildman–Crippen LogP) is 2.69. The van der Waals surface area contributed by atoms with Crippen LogP contribution >= 0.6 is 11.3 Å². The summed E-state index contributed by atoms with van der Waals surface area (Å²) in [6.07, 6.45) is 2.81. The Bertz CT molecular complexity index is 1080. The highest BCUT2D eigenvalue weighted by molar-refractivity contribution is 7.89. The summed E-state index contributed by atoms with van der Waals surface area (Å²) in [5.74, 6) is -0.163. The van der Waals surface area contributed by atoms with Gasteiger partial charge in [0.1, 0.15) is 0 Å². The number of amides is 2. The molecule has 2 aliphatic rings. The van der Waals surface area contributed by atoms with Crippen LogP contribution in [0, 0.1) is 0 Å². The van der Waals surface area contributed by atoms with Crippen LogP contribution in [0.2, 0.25) is 0 Å². The van der Waals surface area contributed by atoms with E-state index in [0.717, 1.165) is 29.8 Å². The van der Waals surface area contributed by atoms with E-state index >= 15 is 0 Å². The van der Waals surface area contributed by atoms with Gasteiger partial charge in [-0.2, -0.15) is 4.31 Å². The second kappa shape index (κ2) is 8.93. The van der Waals surface area contributed by atoms with Gasteiger partial charge in [0.2, 0.25) is 10.0 Å². The first-order chi connectivity index (χ1) is 14.9. The number of hydrogen-bond donors (Lipinski definition) is 1. The molecule has 3 heterocycles. The number of carbonyl (C=O) groups is 2. The molecule has 1 fully saturated rings. The van der Waals surface area contributed by atoms with Crippen LogP contribution in [0.25, 0.3) is 0 Å². The van der Waals surface area contributed by atoms with Gasteiger partial charge in [-0.05, 0) is 37.1 Å². The van der Waals surface area contributed by atoms with Crippen molar-refractivity contribution in [3.63, 3.8) is 0 Å². The Balaban J connectivity index is 1.45. The van der Waals surface area contributed by atoms with E-state index in [0.29, 0.717) is 43.3 Å². The highest BCUT2D eigenvalue weighted by Gasteiger charge is 2.28. The lowest BCUT2D eigenvalue weighted by Crippen LogP contribution is -2.36. The lowest BCUT2D eigenvalue weighted by atomic mass is 10.1. The van der Waals surface area contributed by atoms with Gasteiger partial charge >= 0.3 is 6.09 Å². The molecule has 166 valence electrons. The molecule has 11 heteroatoms. The van der Waals surface area contributed by atoms with Crippen molar-refractivity contribution >= 4 is 38.5 Å². The van der Waals surface area contributed by atoms with E-state index in [1.165, 1.54) is 34.9 Å². The number of piperidine rings is 1. The fourth-order valence-electron chi connectivity index (χ4n) is 3.77. The van der Waals surface area contributed by atoms with Gasteiger partial charge in [0.15, 0.2) is 5.13 Å². The van der Waals surface area contributed by atoms with Crippen molar-refractivity contribution in [1.29, 1.82) is 0 Å². The number of methoxy groups -OCH3 is 1. The minimum absolute atomic E-state index is 0.163. The Kier molecular flexibility index (Phi) is 6.26. The Morgan fingerprint density at radius 3 is 2.48 bits per heavy atom. The van der Waals surface area contributed by atoms with Crippen LogP contribution in [-0.4, -0.2) is 61.4 Å². The molecule has 31 heavy (non-hydrogen) atoms. The zero-order valence-corrected chi connectivity index (χ0v) is 18.8. The summed E-state index contributed by atoms with van der Waals surface area (Å²) in [6.45, 7) is 1.98. The summed E-state index contributed by atoms with van der Waals surface area (Å²) in [6, 6.07) is 6.17. The maximum Gasteiger partial charge on any atom is 0.413 e. The van der Waals surface area contributed by atoms with Gasteiger partial charge in [-0.3, -0.25) is 10.1 Å². The van der Waals surface area contributed by atoms with Gasteiger partial charge in [-0.1, -0.05) is 17.8 Å². The SMILES string of the molecule is COC(=O)Nc1nc2c(s1)CN(C(=O)c1ccc(S(=O)(=O)N3CCCCC3)cc1)CC2. The third-order valence-corrected chi connectivity index (χ3v) is 8.38. The minimum atomic E-state index is -3.52. The minimum Gasteiger partial charge on any atom is -0.453 e. The van der Waals surface area contributed by atoms with E-state index in [1.54, 1.807) is 17.0 Å². The Morgan fingerprint density at radius 2 is 1.81 bits per heavy atom. The topological polar surface area (TPSA) is 109 Å². The highest BCUT2D eigenvalue weighted by atomic mass is 32.2. The van der Waals surface area contributed by atoms with Crippen molar-refractivity contribution in [2.75, 3.05) is 32.1 Å². The summed E-state index contributed by atoms with van der Waals surface area (Å²) in [5, 5.41) is 3.00. The van der Waals surface area contributed by atoms with Crippen molar-refractivity contribution < 1.29 is 22.7 Å². The van der Waals surface area contributed by atoms with Gasteiger partial charge in [0, 0.05) is 36.5 Å². The van der Waals surface area contributed by atoms with E-state index < -0.39 is 16.1 Å². The molecule has 4 rings (SSSR count). The smallest absolute Gasteiger partial charge is 0.413 e. The van der Waals surface area contributed by atoms with Crippen LogP contribution in [0.15, 0.2) is 29.2 Å². The summed E-state index contributed by atoms with van der Waals surface area (Å²) in [5.41, 5.74) is 1.31. The van der Waals surface area contributed by atoms with Crippen molar-refractivity contribution in [3.05, 3.63) is 40.4 Å². The van der Waals surface area contributed by atoms with Crippen molar-refractivity contribution in [2.45, 2.75) is 37.1 Å². The molecule has 0 atom stereocenters. The molecule has 2 amide bonds. The zero-order chi connectivity index (χ0) is 22.0. The zero-order valence-electron chi connectivity index (χ0n) is 17.2. The van der Waals surface area contributed by atoms with E-state index in [9.17, 15) is 18.0 Å². The molecule has 0 unspecified atom stereocenters. The number of anilines is 1. The number of sulfonamides is 1. The average Bonchev–Trinajstić information content (AvgIpc) is 3.20. The van der Waals surface area contributed by atoms with Crippen molar-refractivity contribution in [2.24, 2.45) is 0 Å². The van der Waals surface area contributed by atoms with Gasteiger partial charge in [-0.15, -0.1) is 0 Å². The predicted molar refractivity (Wildman–Crippen MR) is 116 cm³/mol. The number of ether oxygens (including phenoxy) is 1. The largest absolute Gasteiger partial charge is 0.453 e. The third-order valence-electron chi connectivity index (χ3n) is 5.47. The maximum atomic E-state index is 13.0. The molecule has 1 saturated heterocycles. The highest BCUT2D eigenvalue weighted by Crippen LogP contribution is 2.29. The second-order valence-electron chi connectivity index (χ2n) is 7.47. The lowest BCUT2D eigenvalue weighted by molar-refractivity contribution is 0.0736. The number of nitrogens with one attached hydrogen (secondary N) is 1.